The van der Waals surface area contributed by atoms with E-state index < -0.39 is 0 Å². The zero-order chi connectivity index (χ0) is 15.1. The molecule has 0 aliphatic carbocycles. The summed E-state index contributed by atoms with van der Waals surface area (Å²) in [5, 5.41) is 3.77. The van der Waals surface area contributed by atoms with Crippen molar-refractivity contribution in [1.29, 1.82) is 0 Å². The van der Waals surface area contributed by atoms with Crippen molar-refractivity contribution >= 4 is 39.9 Å². The molecule has 0 saturated carbocycles. The van der Waals surface area contributed by atoms with Crippen LogP contribution in [-0.4, -0.2) is 18.1 Å². The summed E-state index contributed by atoms with van der Waals surface area (Å²) in [4.78, 5) is 4.02. The highest BCUT2D eigenvalue weighted by Gasteiger charge is 2.02. The predicted octanol–water partition coefficient (Wildman–Crippen LogP) is 4.52. The van der Waals surface area contributed by atoms with Crippen LogP contribution in [-0.2, 0) is 11.3 Å². The molecule has 1 heterocycles. The molecule has 0 aliphatic rings. The van der Waals surface area contributed by atoms with E-state index in [0.717, 1.165) is 20.4 Å². The van der Waals surface area contributed by atoms with Crippen LogP contribution in [0.1, 0.15) is 5.56 Å². The van der Waals surface area contributed by atoms with Gasteiger partial charge in [-0.1, -0.05) is 48.5 Å². The molecule has 1 aromatic carbocycles. The monoisotopic (exact) mass is 414 g/mol. The fraction of sp³-hybridized carbons (Fsp3) is 0.188. The minimum Gasteiger partial charge on any atom is -0.380 e. The highest BCUT2D eigenvalue weighted by molar-refractivity contribution is 14.1. The van der Waals surface area contributed by atoms with Gasteiger partial charge in [-0.25, -0.2) is 4.98 Å². The number of nitrogens with one attached hydrogen (secondary N) is 1. The van der Waals surface area contributed by atoms with Gasteiger partial charge in [-0.15, -0.1) is 0 Å². The molecule has 1 aromatic heterocycles. The van der Waals surface area contributed by atoms with E-state index in [0.29, 0.717) is 24.9 Å². The Bertz CT molecular complexity index is 604. The van der Waals surface area contributed by atoms with Crippen molar-refractivity contribution in [2.45, 2.75) is 6.61 Å². The number of hydrogen-bond acceptors (Lipinski definition) is 3. The Labute approximate surface area is 143 Å². The Kier molecular flexibility index (Phi) is 6.48. The predicted molar refractivity (Wildman–Crippen MR) is 95.7 cm³/mol. The average Bonchev–Trinajstić information content (AvgIpc) is 2.49. The first-order valence-electron chi connectivity index (χ1n) is 6.48. The molecule has 2 aromatic rings. The van der Waals surface area contributed by atoms with Gasteiger partial charge < -0.3 is 10.1 Å². The Balaban J connectivity index is 1.74. The lowest BCUT2D eigenvalue weighted by Gasteiger charge is -2.11. The number of hydrogen-bond donors (Lipinski definition) is 1. The molecule has 5 heteroatoms. The molecule has 110 valence electrons. The zero-order valence-electron chi connectivity index (χ0n) is 11.5. The van der Waals surface area contributed by atoms with Gasteiger partial charge >= 0.3 is 0 Å². The minimum absolute atomic E-state index is 0.476. The molecule has 21 heavy (non-hydrogen) atoms. The topological polar surface area (TPSA) is 34.2 Å². The van der Waals surface area contributed by atoms with Gasteiger partial charge in [0.05, 0.1) is 22.5 Å². The van der Waals surface area contributed by atoms with Crippen LogP contribution in [0.25, 0.3) is 0 Å². The van der Waals surface area contributed by atoms with E-state index >= 15 is 0 Å². The van der Waals surface area contributed by atoms with E-state index in [1.807, 2.05) is 30.3 Å². The molecule has 3 nitrogen and oxygen atoms in total. The number of rotatable bonds is 7. The molecule has 0 unspecified atom stereocenters. The third-order valence-electron chi connectivity index (χ3n) is 2.77. The summed E-state index contributed by atoms with van der Waals surface area (Å²) in [7, 11) is 0. The van der Waals surface area contributed by atoms with Crippen molar-refractivity contribution in [2.24, 2.45) is 0 Å². The summed E-state index contributed by atoms with van der Waals surface area (Å²) in [6.45, 7) is 5.78. The van der Waals surface area contributed by atoms with Crippen molar-refractivity contribution in [3.8, 4) is 0 Å². The molecule has 0 aliphatic heterocycles. The second-order valence-electron chi connectivity index (χ2n) is 4.57. The fourth-order valence-corrected chi connectivity index (χ4v) is 2.35. The number of anilines is 1. The van der Waals surface area contributed by atoms with Gasteiger partial charge in [-0.2, -0.15) is 0 Å². The molecule has 0 saturated heterocycles. The number of aromatic nitrogens is 1. The van der Waals surface area contributed by atoms with Crippen LogP contribution in [0.4, 0.5) is 5.69 Å². The quantitative estimate of drug-likeness (QED) is 0.411. The number of nitrogens with zero attached hydrogens (tertiary/aromatic N) is 1. The van der Waals surface area contributed by atoms with E-state index in [1.165, 1.54) is 0 Å². The second-order valence-corrected chi connectivity index (χ2v) is 6.12. The number of benzene rings is 1. The van der Waals surface area contributed by atoms with E-state index in [9.17, 15) is 0 Å². The molecular formula is C16H16ClIN2O. The van der Waals surface area contributed by atoms with Crippen molar-refractivity contribution in [1.82, 2.24) is 4.98 Å². The molecule has 0 bridgehead atoms. The Morgan fingerprint density at radius 1 is 1.33 bits per heavy atom. The van der Waals surface area contributed by atoms with Crippen molar-refractivity contribution in [2.75, 3.05) is 18.5 Å². The second kappa shape index (κ2) is 8.36. The summed E-state index contributed by atoms with van der Waals surface area (Å²) in [5.41, 5.74) is 3.10. The SMILES string of the molecule is C=C(CNc1cc(Cl)ncc1I)COCc1ccccc1. The number of ether oxygens (including phenoxy) is 1. The standard InChI is InChI=1S/C16H16ClIN2O/c1-12(10-21-11-13-5-3-2-4-6-13)8-19-15-7-16(17)20-9-14(15)18/h2-7,9H,1,8,10-11H2,(H,19,20). The van der Waals surface area contributed by atoms with Crippen LogP contribution in [0.2, 0.25) is 5.15 Å². The van der Waals surface area contributed by atoms with Crippen LogP contribution < -0.4 is 5.32 Å². The Morgan fingerprint density at radius 3 is 2.86 bits per heavy atom. The van der Waals surface area contributed by atoms with Gasteiger partial charge in [0.1, 0.15) is 5.15 Å². The maximum Gasteiger partial charge on any atom is 0.131 e. The first-order chi connectivity index (χ1) is 10.1. The lowest BCUT2D eigenvalue weighted by Crippen LogP contribution is -2.10. The van der Waals surface area contributed by atoms with Gasteiger partial charge in [-0.3, -0.25) is 0 Å². The summed E-state index contributed by atoms with van der Waals surface area (Å²) in [5.74, 6) is 0. The maximum absolute atomic E-state index is 5.88. The van der Waals surface area contributed by atoms with Gasteiger partial charge in [0.25, 0.3) is 0 Å². The number of halogens is 2. The zero-order valence-corrected chi connectivity index (χ0v) is 14.4. The lowest BCUT2D eigenvalue weighted by molar-refractivity contribution is 0.142. The third-order valence-corrected chi connectivity index (χ3v) is 3.83. The average molecular weight is 415 g/mol. The highest BCUT2D eigenvalue weighted by atomic mass is 127. The molecule has 1 N–H and O–H groups in total. The minimum atomic E-state index is 0.476. The molecule has 0 atom stereocenters. The maximum atomic E-state index is 5.88. The summed E-state index contributed by atoms with van der Waals surface area (Å²) in [6, 6.07) is 11.9. The smallest absolute Gasteiger partial charge is 0.131 e. The van der Waals surface area contributed by atoms with Crippen LogP contribution in [0.3, 0.4) is 0 Å². The third kappa shape index (κ3) is 5.65. The fourth-order valence-electron chi connectivity index (χ4n) is 1.71. The molecule has 0 amide bonds. The van der Waals surface area contributed by atoms with E-state index in [-0.39, 0.29) is 0 Å². The van der Waals surface area contributed by atoms with Crippen LogP contribution in [0.5, 0.6) is 0 Å². The van der Waals surface area contributed by atoms with E-state index in [1.54, 1.807) is 12.3 Å². The Morgan fingerprint density at radius 2 is 2.10 bits per heavy atom. The molecule has 0 radical (unpaired) electrons. The first kappa shape index (κ1) is 16.3. The molecule has 0 spiro atoms. The van der Waals surface area contributed by atoms with Crippen molar-refractivity contribution in [3.63, 3.8) is 0 Å². The molecular weight excluding hydrogens is 399 g/mol. The van der Waals surface area contributed by atoms with Crippen molar-refractivity contribution < 1.29 is 4.74 Å². The molecule has 2 rings (SSSR count). The largest absolute Gasteiger partial charge is 0.380 e. The van der Waals surface area contributed by atoms with Crippen LogP contribution >= 0.6 is 34.2 Å². The van der Waals surface area contributed by atoms with E-state index in [4.69, 9.17) is 16.3 Å². The van der Waals surface area contributed by atoms with Crippen molar-refractivity contribution in [3.05, 3.63) is 69.0 Å². The number of pyridine rings is 1. The lowest BCUT2D eigenvalue weighted by atomic mass is 10.2. The normalized spacial score (nSPS) is 10.4. The van der Waals surface area contributed by atoms with Gasteiger partial charge in [0.2, 0.25) is 0 Å². The Hall–Kier alpha value is -1.11. The van der Waals surface area contributed by atoms with E-state index in [2.05, 4.69) is 39.5 Å². The van der Waals surface area contributed by atoms with Crippen LogP contribution in [0.15, 0.2) is 54.7 Å². The summed E-state index contributed by atoms with van der Waals surface area (Å²) in [6.07, 6.45) is 1.74. The van der Waals surface area contributed by atoms with Gasteiger partial charge in [0, 0.05) is 12.7 Å². The van der Waals surface area contributed by atoms with Gasteiger partial charge in [0.15, 0.2) is 0 Å². The first-order valence-corrected chi connectivity index (χ1v) is 7.94. The van der Waals surface area contributed by atoms with Gasteiger partial charge in [-0.05, 0) is 39.8 Å². The summed E-state index contributed by atoms with van der Waals surface area (Å²) >= 11 is 8.10. The molecule has 0 fully saturated rings. The highest BCUT2D eigenvalue weighted by Crippen LogP contribution is 2.20. The summed E-state index contributed by atoms with van der Waals surface area (Å²) < 4.78 is 6.67. The van der Waals surface area contributed by atoms with Crippen LogP contribution in [0, 0.1) is 3.57 Å².